The van der Waals surface area contributed by atoms with Gasteiger partial charge in [0.25, 0.3) is 0 Å². The molecule has 0 bridgehead atoms. The first kappa shape index (κ1) is 15.0. The number of hydrogen-bond donors (Lipinski definition) is 3. The maximum atomic E-state index is 11.6. The number of aryl methyl sites for hydroxylation is 1. The Bertz CT molecular complexity index is 583. The summed E-state index contributed by atoms with van der Waals surface area (Å²) in [6.45, 7) is 1.85. The highest BCUT2D eigenvalue weighted by Crippen LogP contribution is 2.26. The lowest BCUT2D eigenvalue weighted by Crippen LogP contribution is -2.27. The number of fused-ring (bicyclic) bond motifs is 1. The second kappa shape index (κ2) is 6.39. The minimum absolute atomic E-state index is 0.0188. The molecule has 1 aliphatic heterocycles. The summed E-state index contributed by atoms with van der Waals surface area (Å²) in [5.74, 6) is -1.25. The van der Waals surface area contributed by atoms with Gasteiger partial charge in [0, 0.05) is 18.5 Å². The molecule has 112 valence electrons. The van der Waals surface area contributed by atoms with Crippen molar-refractivity contribution in [1.29, 1.82) is 0 Å². The van der Waals surface area contributed by atoms with Crippen LogP contribution in [0.5, 0.6) is 0 Å². The van der Waals surface area contributed by atoms with Gasteiger partial charge in [-0.1, -0.05) is 12.1 Å². The molecule has 1 aromatic rings. The summed E-state index contributed by atoms with van der Waals surface area (Å²) in [5.41, 5.74) is 2.81. The molecule has 21 heavy (non-hydrogen) atoms. The van der Waals surface area contributed by atoms with Gasteiger partial charge in [-0.05, 0) is 30.5 Å². The quantitative estimate of drug-likeness (QED) is 0.767. The van der Waals surface area contributed by atoms with Gasteiger partial charge in [0.2, 0.25) is 11.8 Å². The molecule has 1 aliphatic rings. The van der Waals surface area contributed by atoms with Crippen LogP contribution in [0.1, 0.15) is 43.4 Å². The molecule has 6 heteroatoms. The Balaban J connectivity index is 1.99. The zero-order valence-electron chi connectivity index (χ0n) is 11.8. The lowest BCUT2D eigenvalue weighted by molar-refractivity contribution is -0.138. The Kier molecular flexibility index (Phi) is 4.57. The Labute approximate surface area is 122 Å². The van der Waals surface area contributed by atoms with Crippen LogP contribution in [-0.2, 0) is 20.8 Å². The fourth-order valence-corrected chi connectivity index (χ4v) is 2.29. The van der Waals surface area contributed by atoms with Crippen molar-refractivity contribution in [1.82, 2.24) is 5.32 Å². The number of carboxylic acid groups (broad SMARTS) is 1. The SMILES string of the molecule is CC(NC(=O)CCC(=O)O)c1ccc2c(c1)CCC(=O)N2. The van der Waals surface area contributed by atoms with E-state index in [-0.39, 0.29) is 30.7 Å². The minimum Gasteiger partial charge on any atom is -0.481 e. The first-order chi connectivity index (χ1) is 9.95. The van der Waals surface area contributed by atoms with Gasteiger partial charge in [-0.3, -0.25) is 14.4 Å². The summed E-state index contributed by atoms with van der Waals surface area (Å²) in [4.78, 5) is 33.4. The minimum atomic E-state index is -0.984. The van der Waals surface area contributed by atoms with Crippen molar-refractivity contribution in [3.05, 3.63) is 29.3 Å². The number of amides is 2. The Morgan fingerprint density at radius 1 is 1.33 bits per heavy atom. The van der Waals surface area contributed by atoms with Crippen LogP contribution in [0.25, 0.3) is 0 Å². The number of hydrogen-bond acceptors (Lipinski definition) is 3. The average molecular weight is 290 g/mol. The summed E-state index contributed by atoms with van der Waals surface area (Å²) >= 11 is 0. The summed E-state index contributed by atoms with van der Waals surface area (Å²) < 4.78 is 0. The van der Waals surface area contributed by atoms with Crippen molar-refractivity contribution in [3.63, 3.8) is 0 Å². The third-order valence-corrected chi connectivity index (χ3v) is 3.47. The van der Waals surface area contributed by atoms with Gasteiger partial charge < -0.3 is 15.7 Å². The smallest absolute Gasteiger partial charge is 0.303 e. The standard InChI is InChI=1S/C15H18N2O4/c1-9(16-13(18)6-7-15(20)21)10-2-4-12-11(8-10)3-5-14(19)17-12/h2,4,8-9H,3,5-7H2,1H3,(H,16,18)(H,17,19)(H,20,21). The van der Waals surface area contributed by atoms with Crippen molar-refractivity contribution in [3.8, 4) is 0 Å². The van der Waals surface area contributed by atoms with Crippen molar-refractivity contribution < 1.29 is 19.5 Å². The predicted molar refractivity (Wildman–Crippen MR) is 76.8 cm³/mol. The molecule has 1 unspecified atom stereocenters. The second-order valence-electron chi connectivity index (χ2n) is 5.15. The average Bonchev–Trinajstić information content (AvgIpc) is 2.44. The van der Waals surface area contributed by atoms with Gasteiger partial charge in [-0.2, -0.15) is 0 Å². The molecule has 2 rings (SSSR count). The molecule has 3 N–H and O–H groups in total. The first-order valence-corrected chi connectivity index (χ1v) is 6.89. The van der Waals surface area contributed by atoms with E-state index in [0.29, 0.717) is 12.8 Å². The molecule has 2 amide bonds. The van der Waals surface area contributed by atoms with Crippen LogP contribution in [0.4, 0.5) is 5.69 Å². The van der Waals surface area contributed by atoms with E-state index in [2.05, 4.69) is 10.6 Å². The zero-order chi connectivity index (χ0) is 15.4. The van der Waals surface area contributed by atoms with E-state index in [1.54, 1.807) is 0 Å². The van der Waals surface area contributed by atoms with Crippen molar-refractivity contribution in [2.45, 2.75) is 38.6 Å². The zero-order valence-corrected chi connectivity index (χ0v) is 11.8. The van der Waals surface area contributed by atoms with E-state index in [0.717, 1.165) is 16.8 Å². The summed E-state index contributed by atoms with van der Waals surface area (Å²) in [6.07, 6.45) is 0.958. The number of carbonyl (C=O) groups excluding carboxylic acids is 2. The first-order valence-electron chi connectivity index (χ1n) is 6.89. The highest BCUT2D eigenvalue weighted by Gasteiger charge is 2.17. The fourth-order valence-electron chi connectivity index (χ4n) is 2.29. The molecule has 0 spiro atoms. The molecule has 1 heterocycles. The number of carbonyl (C=O) groups is 3. The number of rotatable bonds is 5. The number of nitrogens with one attached hydrogen (secondary N) is 2. The lowest BCUT2D eigenvalue weighted by Gasteiger charge is -2.20. The van der Waals surface area contributed by atoms with E-state index in [4.69, 9.17) is 5.11 Å². The van der Waals surface area contributed by atoms with E-state index in [1.807, 2.05) is 25.1 Å². The lowest BCUT2D eigenvalue weighted by atomic mass is 9.97. The molecule has 6 nitrogen and oxygen atoms in total. The van der Waals surface area contributed by atoms with E-state index in [9.17, 15) is 14.4 Å². The van der Waals surface area contributed by atoms with E-state index in [1.165, 1.54) is 0 Å². The van der Waals surface area contributed by atoms with Crippen LogP contribution < -0.4 is 10.6 Å². The van der Waals surface area contributed by atoms with Crippen molar-refractivity contribution in [2.75, 3.05) is 5.32 Å². The number of anilines is 1. The third kappa shape index (κ3) is 4.05. The molecule has 1 atom stereocenters. The molecule has 0 saturated heterocycles. The predicted octanol–water partition coefficient (Wildman–Crippen LogP) is 1.61. The van der Waals surface area contributed by atoms with E-state index >= 15 is 0 Å². The molecule has 0 radical (unpaired) electrons. The molecule has 1 aromatic carbocycles. The molecular formula is C15H18N2O4. The normalized spacial score (nSPS) is 14.8. The maximum Gasteiger partial charge on any atom is 0.303 e. The Morgan fingerprint density at radius 3 is 2.81 bits per heavy atom. The van der Waals surface area contributed by atoms with Gasteiger partial charge >= 0.3 is 5.97 Å². The van der Waals surface area contributed by atoms with Crippen molar-refractivity contribution in [2.24, 2.45) is 0 Å². The van der Waals surface area contributed by atoms with Crippen LogP contribution in [0.3, 0.4) is 0 Å². The van der Waals surface area contributed by atoms with Gasteiger partial charge in [-0.25, -0.2) is 0 Å². The monoisotopic (exact) mass is 290 g/mol. The van der Waals surface area contributed by atoms with Crippen molar-refractivity contribution >= 4 is 23.5 Å². The van der Waals surface area contributed by atoms with E-state index < -0.39 is 5.97 Å². The summed E-state index contributed by atoms with van der Waals surface area (Å²) in [5, 5.41) is 14.1. The largest absolute Gasteiger partial charge is 0.481 e. The van der Waals surface area contributed by atoms with Crippen LogP contribution >= 0.6 is 0 Å². The molecule has 0 aliphatic carbocycles. The van der Waals surface area contributed by atoms with Gasteiger partial charge in [0.15, 0.2) is 0 Å². The Morgan fingerprint density at radius 2 is 2.10 bits per heavy atom. The number of benzene rings is 1. The number of aliphatic carboxylic acids is 1. The summed E-state index contributed by atoms with van der Waals surface area (Å²) in [6, 6.07) is 5.46. The fraction of sp³-hybridized carbons (Fsp3) is 0.400. The molecule has 0 saturated carbocycles. The number of carboxylic acids is 1. The van der Waals surface area contributed by atoms with Crippen LogP contribution in [-0.4, -0.2) is 22.9 Å². The molecule has 0 fully saturated rings. The van der Waals surface area contributed by atoms with Crippen LogP contribution in [0, 0.1) is 0 Å². The highest BCUT2D eigenvalue weighted by atomic mass is 16.4. The molecule has 0 aromatic heterocycles. The molecular weight excluding hydrogens is 272 g/mol. The topological polar surface area (TPSA) is 95.5 Å². The van der Waals surface area contributed by atoms with Gasteiger partial charge in [0.05, 0.1) is 12.5 Å². The Hall–Kier alpha value is -2.37. The van der Waals surface area contributed by atoms with Gasteiger partial charge in [0.1, 0.15) is 0 Å². The van der Waals surface area contributed by atoms with Gasteiger partial charge in [-0.15, -0.1) is 0 Å². The highest BCUT2D eigenvalue weighted by molar-refractivity contribution is 5.93. The second-order valence-corrected chi connectivity index (χ2v) is 5.15. The van der Waals surface area contributed by atoms with Crippen LogP contribution in [0.15, 0.2) is 18.2 Å². The third-order valence-electron chi connectivity index (χ3n) is 3.47. The maximum absolute atomic E-state index is 11.6. The van der Waals surface area contributed by atoms with Crippen LogP contribution in [0.2, 0.25) is 0 Å². The summed E-state index contributed by atoms with van der Waals surface area (Å²) in [7, 11) is 0.